The van der Waals surface area contributed by atoms with Crippen LogP contribution in [0.5, 0.6) is 0 Å². The predicted molar refractivity (Wildman–Crippen MR) is 95.4 cm³/mol. The van der Waals surface area contributed by atoms with Crippen molar-refractivity contribution in [3.8, 4) is 11.8 Å². The Kier molecular flexibility index (Phi) is 4.59. The molecule has 0 saturated carbocycles. The van der Waals surface area contributed by atoms with Crippen LogP contribution in [-0.2, 0) is 4.79 Å². The highest BCUT2D eigenvalue weighted by Gasteiger charge is 2.38. The van der Waals surface area contributed by atoms with Gasteiger partial charge in [0, 0.05) is 29.9 Å². The van der Waals surface area contributed by atoms with Crippen molar-refractivity contribution in [3.63, 3.8) is 0 Å². The van der Waals surface area contributed by atoms with Crippen LogP contribution in [0.1, 0.15) is 49.4 Å². The summed E-state index contributed by atoms with van der Waals surface area (Å²) in [5.41, 5.74) is 2.20. The van der Waals surface area contributed by atoms with Crippen LogP contribution in [0.2, 0.25) is 0 Å². The Bertz CT molecular complexity index is 829. The number of hydrogen-bond donors (Lipinski definition) is 0. The second-order valence-electron chi connectivity index (χ2n) is 7.03. The van der Waals surface area contributed by atoms with Gasteiger partial charge >= 0.3 is 0 Å². The van der Waals surface area contributed by atoms with Crippen molar-refractivity contribution >= 4 is 5.91 Å². The standard InChI is InChI=1S/C21H21FN2O/c1-21(2)13-12-18(20(25)24(21)3)19-11-8-16(14-23-19)5-4-15-6-9-17(22)10-7-15/h6-11,14,18H,12-13H2,1-3H3. The van der Waals surface area contributed by atoms with Crippen LogP contribution in [-0.4, -0.2) is 28.4 Å². The molecule has 128 valence electrons. The average molecular weight is 336 g/mol. The molecule has 1 unspecified atom stereocenters. The molecule has 3 rings (SSSR count). The Balaban J connectivity index is 1.75. The first-order valence-electron chi connectivity index (χ1n) is 8.38. The molecular formula is C21H21FN2O. The van der Waals surface area contributed by atoms with Gasteiger partial charge in [-0.1, -0.05) is 11.8 Å². The van der Waals surface area contributed by atoms with Crippen LogP contribution in [0.4, 0.5) is 4.39 Å². The van der Waals surface area contributed by atoms with Gasteiger partial charge in [0.25, 0.3) is 0 Å². The molecule has 1 saturated heterocycles. The maximum Gasteiger partial charge on any atom is 0.231 e. The fraction of sp³-hybridized carbons (Fsp3) is 0.333. The third-order valence-electron chi connectivity index (χ3n) is 4.92. The van der Waals surface area contributed by atoms with Crippen LogP contribution >= 0.6 is 0 Å². The van der Waals surface area contributed by atoms with Crippen molar-refractivity contribution < 1.29 is 9.18 Å². The van der Waals surface area contributed by atoms with Crippen LogP contribution in [0, 0.1) is 17.7 Å². The number of aromatic nitrogens is 1. The topological polar surface area (TPSA) is 33.2 Å². The second kappa shape index (κ2) is 6.68. The van der Waals surface area contributed by atoms with Gasteiger partial charge in [-0.3, -0.25) is 9.78 Å². The second-order valence-corrected chi connectivity index (χ2v) is 7.03. The minimum atomic E-state index is -0.276. The van der Waals surface area contributed by atoms with Crippen LogP contribution in [0.15, 0.2) is 42.6 Å². The van der Waals surface area contributed by atoms with Gasteiger partial charge in [0.1, 0.15) is 5.82 Å². The monoisotopic (exact) mass is 336 g/mol. The summed E-state index contributed by atoms with van der Waals surface area (Å²) in [5.74, 6) is 5.66. The highest BCUT2D eigenvalue weighted by atomic mass is 19.1. The highest BCUT2D eigenvalue weighted by molar-refractivity contribution is 5.84. The summed E-state index contributed by atoms with van der Waals surface area (Å²) < 4.78 is 12.9. The summed E-state index contributed by atoms with van der Waals surface area (Å²) in [7, 11) is 1.86. The molecule has 0 bridgehead atoms. The number of benzene rings is 1. The quantitative estimate of drug-likeness (QED) is 0.744. The molecule has 1 aromatic carbocycles. The molecular weight excluding hydrogens is 315 g/mol. The molecule has 0 N–H and O–H groups in total. The summed E-state index contributed by atoms with van der Waals surface area (Å²) in [5, 5.41) is 0. The SMILES string of the molecule is CN1C(=O)C(c2ccc(C#Cc3ccc(F)cc3)cn2)CCC1(C)C. The lowest BCUT2D eigenvalue weighted by Gasteiger charge is -2.42. The number of carbonyl (C=O) groups excluding carboxylic acids is 1. The summed E-state index contributed by atoms with van der Waals surface area (Å²) >= 11 is 0. The molecule has 1 aromatic heterocycles. The Hall–Kier alpha value is -2.67. The summed E-state index contributed by atoms with van der Waals surface area (Å²) in [6.07, 6.45) is 3.45. The largest absolute Gasteiger partial charge is 0.340 e. The van der Waals surface area contributed by atoms with Crippen molar-refractivity contribution in [2.45, 2.75) is 38.1 Å². The van der Waals surface area contributed by atoms with E-state index in [4.69, 9.17) is 0 Å². The van der Waals surface area contributed by atoms with Gasteiger partial charge < -0.3 is 4.90 Å². The number of pyridine rings is 1. The molecule has 1 aliphatic heterocycles. The first kappa shape index (κ1) is 17.2. The zero-order valence-electron chi connectivity index (χ0n) is 14.7. The van der Waals surface area contributed by atoms with E-state index >= 15 is 0 Å². The van der Waals surface area contributed by atoms with Crippen LogP contribution in [0.3, 0.4) is 0 Å². The van der Waals surface area contributed by atoms with Gasteiger partial charge in [-0.25, -0.2) is 4.39 Å². The maximum atomic E-state index is 12.9. The zero-order valence-corrected chi connectivity index (χ0v) is 14.7. The molecule has 2 heterocycles. The third kappa shape index (κ3) is 3.71. The molecule has 2 aromatic rings. The van der Waals surface area contributed by atoms with Crippen molar-refractivity contribution in [1.82, 2.24) is 9.88 Å². The van der Waals surface area contributed by atoms with E-state index in [1.54, 1.807) is 18.3 Å². The van der Waals surface area contributed by atoms with Gasteiger partial charge in [-0.2, -0.15) is 0 Å². The fourth-order valence-corrected chi connectivity index (χ4v) is 2.96. The summed E-state index contributed by atoms with van der Waals surface area (Å²) in [4.78, 5) is 18.9. The van der Waals surface area contributed by atoms with E-state index in [9.17, 15) is 9.18 Å². The summed E-state index contributed by atoms with van der Waals surface area (Å²) in [6.45, 7) is 4.17. The Morgan fingerprint density at radius 1 is 1.12 bits per heavy atom. The number of hydrogen-bond acceptors (Lipinski definition) is 2. The fourth-order valence-electron chi connectivity index (χ4n) is 2.96. The maximum absolute atomic E-state index is 12.9. The number of nitrogens with zero attached hydrogens (tertiary/aromatic N) is 2. The number of amides is 1. The molecule has 25 heavy (non-hydrogen) atoms. The van der Waals surface area contributed by atoms with Crippen molar-refractivity contribution in [2.24, 2.45) is 0 Å². The average Bonchev–Trinajstić information content (AvgIpc) is 2.60. The van der Waals surface area contributed by atoms with Crippen molar-refractivity contribution in [1.29, 1.82) is 0 Å². The molecule has 1 aliphatic rings. The molecule has 4 heteroatoms. The molecule has 0 spiro atoms. The minimum Gasteiger partial charge on any atom is -0.340 e. The first-order valence-corrected chi connectivity index (χ1v) is 8.38. The molecule has 1 fully saturated rings. The van der Waals surface area contributed by atoms with Gasteiger partial charge in [-0.15, -0.1) is 0 Å². The lowest BCUT2D eigenvalue weighted by molar-refractivity contribution is -0.140. The normalized spacial score (nSPS) is 19.3. The van der Waals surface area contributed by atoms with E-state index in [1.165, 1.54) is 12.1 Å². The van der Waals surface area contributed by atoms with E-state index < -0.39 is 0 Å². The van der Waals surface area contributed by atoms with Gasteiger partial charge in [0.05, 0.1) is 11.6 Å². The number of likely N-dealkylation sites (tertiary alicyclic amines) is 1. The van der Waals surface area contributed by atoms with E-state index in [2.05, 4.69) is 30.7 Å². The number of piperidine rings is 1. The number of likely N-dealkylation sites (N-methyl/N-ethyl adjacent to an activating group) is 1. The van der Waals surface area contributed by atoms with Crippen molar-refractivity contribution in [2.75, 3.05) is 7.05 Å². The Labute approximate surface area is 147 Å². The molecule has 0 aliphatic carbocycles. The van der Waals surface area contributed by atoms with E-state index in [0.717, 1.165) is 29.7 Å². The smallest absolute Gasteiger partial charge is 0.231 e. The van der Waals surface area contributed by atoms with E-state index in [-0.39, 0.29) is 23.2 Å². The number of rotatable bonds is 1. The lowest BCUT2D eigenvalue weighted by Crippen LogP contribution is -2.51. The summed E-state index contributed by atoms with van der Waals surface area (Å²) in [6, 6.07) is 9.82. The van der Waals surface area contributed by atoms with E-state index in [1.807, 2.05) is 24.1 Å². The van der Waals surface area contributed by atoms with Crippen LogP contribution in [0.25, 0.3) is 0 Å². The van der Waals surface area contributed by atoms with Gasteiger partial charge in [-0.05, 0) is 63.1 Å². The molecule has 1 atom stereocenters. The predicted octanol–water partition coefficient (Wildman–Crippen LogP) is 3.73. The molecule has 0 radical (unpaired) electrons. The van der Waals surface area contributed by atoms with E-state index in [0.29, 0.717) is 0 Å². The number of carbonyl (C=O) groups is 1. The highest BCUT2D eigenvalue weighted by Crippen LogP contribution is 2.34. The van der Waals surface area contributed by atoms with Crippen LogP contribution < -0.4 is 0 Å². The molecule has 3 nitrogen and oxygen atoms in total. The number of halogens is 1. The lowest BCUT2D eigenvalue weighted by atomic mass is 9.83. The minimum absolute atomic E-state index is 0.103. The first-order chi connectivity index (χ1) is 11.9. The van der Waals surface area contributed by atoms with Gasteiger partial charge in [0.15, 0.2) is 0 Å². The molecule has 1 amide bonds. The van der Waals surface area contributed by atoms with Gasteiger partial charge in [0.2, 0.25) is 5.91 Å². The Morgan fingerprint density at radius 2 is 1.76 bits per heavy atom. The third-order valence-corrected chi connectivity index (χ3v) is 4.92. The van der Waals surface area contributed by atoms with Crippen molar-refractivity contribution in [3.05, 3.63) is 65.2 Å². The Morgan fingerprint density at radius 3 is 2.40 bits per heavy atom. The zero-order chi connectivity index (χ0) is 18.0.